The molecule has 23 heavy (non-hydrogen) atoms. The Kier molecular flexibility index (Phi) is 3.83. The van der Waals surface area contributed by atoms with Gasteiger partial charge in [-0.2, -0.15) is 0 Å². The summed E-state index contributed by atoms with van der Waals surface area (Å²) in [5, 5.41) is 0.890. The van der Waals surface area contributed by atoms with E-state index in [4.69, 9.17) is 11.6 Å². The molecule has 0 saturated heterocycles. The lowest BCUT2D eigenvalue weighted by Gasteiger charge is -2.09. The molecule has 0 radical (unpaired) electrons. The zero-order valence-corrected chi connectivity index (χ0v) is 13.1. The van der Waals surface area contributed by atoms with E-state index in [0.29, 0.717) is 16.5 Å². The Morgan fingerprint density at radius 3 is 2.61 bits per heavy atom. The lowest BCUT2D eigenvalue weighted by Crippen LogP contribution is -2.39. The molecule has 1 aromatic carbocycles. The van der Waals surface area contributed by atoms with Crippen molar-refractivity contribution >= 4 is 22.6 Å². The molecule has 0 spiro atoms. The number of aryl methyl sites for hydroxylation is 1. The van der Waals surface area contributed by atoms with E-state index in [1.54, 1.807) is 31.3 Å². The quantitative estimate of drug-likeness (QED) is 0.689. The summed E-state index contributed by atoms with van der Waals surface area (Å²) in [6, 6.07) is 7.01. The maximum absolute atomic E-state index is 12.4. The summed E-state index contributed by atoms with van der Waals surface area (Å²) in [6.07, 6.45) is 2.94. The van der Waals surface area contributed by atoms with Crippen LogP contribution in [0.1, 0.15) is 0 Å². The van der Waals surface area contributed by atoms with Crippen molar-refractivity contribution in [3.63, 3.8) is 0 Å². The zero-order valence-electron chi connectivity index (χ0n) is 12.4. The highest BCUT2D eigenvalue weighted by molar-refractivity contribution is 6.30. The van der Waals surface area contributed by atoms with E-state index in [-0.39, 0.29) is 11.9 Å². The number of nitrogens with zero attached hydrogens (tertiary/aromatic N) is 4. The molecule has 0 saturated carbocycles. The number of hydrogen-bond donors (Lipinski definition) is 0. The van der Waals surface area contributed by atoms with Gasteiger partial charge >= 0.3 is 5.69 Å². The van der Waals surface area contributed by atoms with Gasteiger partial charge in [-0.3, -0.25) is 13.9 Å². The Hall–Kier alpha value is -2.73. The standard InChI is InChI=1S/C16H13ClN4O2/c1-3-8-21-15(22)12-9-18-13(10-4-6-11(17)7-5-10)19-14(12)20(2)16(21)23/h3-7,9H,1,8H2,2H3. The van der Waals surface area contributed by atoms with Gasteiger partial charge in [-0.1, -0.05) is 17.7 Å². The van der Waals surface area contributed by atoms with Gasteiger partial charge in [0.15, 0.2) is 11.5 Å². The van der Waals surface area contributed by atoms with E-state index in [1.807, 2.05) is 0 Å². The first-order valence-electron chi connectivity index (χ1n) is 6.86. The Morgan fingerprint density at radius 1 is 1.26 bits per heavy atom. The minimum absolute atomic E-state index is 0.139. The van der Waals surface area contributed by atoms with Crippen LogP contribution in [-0.2, 0) is 13.6 Å². The van der Waals surface area contributed by atoms with E-state index in [2.05, 4.69) is 16.5 Å². The molecule has 0 aliphatic rings. The van der Waals surface area contributed by atoms with Crippen molar-refractivity contribution < 1.29 is 0 Å². The molecule has 0 fully saturated rings. The summed E-state index contributed by atoms with van der Waals surface area (Å²) in [4.78, 5) is 33.3. The molecule has 0 aliphatic carbocycles. The summed E-state index contributed by atoms with van der Waals surface area (Å²) >= 11 is 5.87. The fourth-order valence-corrected chi connectivity index (χ4v) is 2.44. The summed E-state index contributed by atoms with van der Waals surface area (Å²) in [5.41, 5.74) is 0.174. The average molecular weight is 329 g/mol. The maximum atomic E-state index is 12.4. The normalized spacial score (nSPS) is 10.9. The van der Waals surface area contributed by atoms with Crippen LogP contribution in [0.3, 0.4) is 0 Å². The molecule has 116 valence electrons. The second-order valence-corrected chi connectivity index (χ2v) is 5.42. The highest BCUT2D eigenvalue weighted by Crippen LogP contribution is 2.18. The Labute approximate surface area is 136 Å². The predicted octanol–water partition coefficient (Wildman–Crippen LogP) is 2.00. The fourth-order valence-electron chi connectivity index (χ4n) is 2.31. The molecule has 0 aliphatic heterocycles. The average Bonchev–Trinajstić information content (AvgIpc) is 2.57. The van der Waals surface area contributed by atoms with Crippen LogP contribution in [0.2, 0.25) is 5.02 Å². The van der Waals surface area contributed by atoms with Gasteiger partial charge in [0.1, 0.15) is 5.39 Å². The SMILES string of the molecule is C=CCn1c(=O)c2cnc(-c3ccc(Cl)cc3)nc2n(C)c1=O. The van der Waals surface area contributed by atoms with Crippen LogP contribution < -0.4 is 11.2 Å². The van der Waals surface area contributed by atoms with Crippen LogP contribution in [0.4, 0.5) is 0 Å². The third-order valence-corrected chi connectivity index (χ3v) is 3.75. The van der Waals surface area contributed by atoms with Crippen molar-refractivity contribution in [3.8, 4) is 11.4 Å². The number of halogens is 1. The van der Waals surface area contributed by atoms with Gasteiger partial charge in [0, 0.05) is 30.4 Å². The van der Waals surface area contributed by atoms with E-state index in [1.165, 1.54) is 16.8 Å². The Bertz CT molecular complexity index is 1020. The molecule has 0 atom stereocenters. The number of aromatic nitrogens is 4. The summed E-state index contributed by atoms with van der Waals surface area (Å²) in [5.74, 6) is 0.421. The monoisotopic (exact) mass is 328 g/mol. The smallest absolute Gasteiger partial charge is 0.280 e. The molecule has 6 nitrogen and oxygen atoms in total. The van der Waals surface area contributed by atoms with Crippen molar-refractivity contribution in [1.29, 1.82) is 0 Å². The molecule has 3 aromatic rings. The van der Waals surface area contributed by atoms with Gasteiger partial charge in [-0.25, -0.2) is 14.8 Å². The number of rotatable bonds is 3. The van der Waals surface area contributed by atoms with Gasteiger partial charge in [0.05, 0.1) is 0 Å². The maximum Gasteiger partial charge on any atom is 0.332 e. The third-order valence-electron chi connectivity index (χ3n) is 3.49. The van der Waals surface area contributed by atoms with Crippen molar-refractivity contribution in [2.75, 3.05) is 0 Å². The highest BCUT2D eigenvalue weighted by atomic mass is 35.5. The molecule has 0 N–H and O–H groups in total. The van der Waals surface area contributed by atoms with Crippen molar-refractivity contribution in [2.45, 2.75) is 6.54 Å². The molecule has 0 amide bonds. The topological polar surface area (TPSA) is 69.8 Å². The molecular weight excluding hydrogens is 316 g/mol. The fraction of sp³-hybridized carbons (Fsp3) is 0.125. The number of allylic oxidation sites excluding steroid dienone is 1. The van der Waals surface area contributed by atoms with Crippen LogP contribution in [0.25, 0.3) is 22.4 Å². The van der Waals surface area contributed by atoms with Gasteiger partial charge in [0.2, 0.25) is 0 Å². The van der Waals surface area contributed by atoms with Crippen LogP contribution in [0, 0.1) is 0 Å². The van der Waals surface area contributed by atoms with Crippen molar-refractivity contribution in [3.05, 3.63) is 69.0 Å². The molecular formula is C16H13ClN4O2. The predicted molar refractivity (Wildman–Crippen MR) is 89.7 cm³/mol. The zero-order chi connectivity index (χ0) is 16.6. The van der Waals surface area contributed by atoms with E-state index < -0.39 is 11.2 Å². The summed E-state index contributed by atoms with van der Waals surface area (Å²) < 4.78 is 2.43. The first-order chi connectivity index (χ1) is 11.0. The summed E-state index contributed by atoms with van der Waals surface area (Å²) in [7, 11) is 1.57. The van der Waals surface area contributed by atoms with Crippen LogP contribution in [0.15, 0.2) is 52.7 Å². The van der Waals surface area contributed by atoms with Gasteiger partial charge < -0.3 is 0 Å². The molecule has 7 heteroatoms. The molecule has 2 aromatic heterocycles. The van der Waals surface area contributed by atoms with Gasteiger partial charge in [-0.05, 0) is 24.3 Å². The third kappa shape index (κ3) is 2.57. The van der Waals surface area contributed by atoms with Crippen LogP contribution >= 0.6 is 11.6 Å². The van der Waals surface area contributed by atoms with Gasteiger partial charge in [-0.15, -0.1) is 6.58 Å². The lowest BCUT2D eigenvalue weighted by molar-refractivity contribution is 0.667. The van der Waals surface area contributed by atoms with Crippen LogP contribution in [0.5, 0.6) is 0 Å². The van der Waals surface area contributed by atoms with Crippen LogP contribution in [-0.4, -0.2) is 19.1 Å². The highest BCUT2D eigenvalue weighted by Gasteiger charge is 2.13. The first-order valence-corrected chi connectivity index (χ1v) is 7.24. The second kappa shape index (κ2) is 5.81. The van der Waals surface area contributed by atoms with E-state index in [0.717, 1.165) is 10.1 Å². The molecule has 0 unspecified atom stereocenters. The molecule has 3 rings (SSSR count). The van der Waals surface area contributed by atoms with E-state index >= 15 is 0 Å². The van der Waals surface area contributed by atoms with Crippen molar-refractivity contribution in [1.82, 2.24) is 19.1 Å². The van der Waals surface area contributed by atoms with Gasteiger partial charge in [0.25, 0.3) is 5.56 Å². The largest absolute Gasteiger partial charge is 0.332 e. The molecule has 2 heterocycles. The summed E-state index contributed by atoms with van der Waals surface area (Å²) in [6.45, 7) is 3.70. The minimum atomic E-state index is -0.442. The lowest BCUT2D eigenvalue weighted by atomic mass is 10.2. The molecule has 0 bridgehead atoms. The Morgan fingerprint density at radius 2 is 1.96 bits per heavy atom. The number of fused-ring (bicyclic) bond motifs is 1. The second-order valence-electron chi connectivity index (χ2n) is 4.98. The first kappa shape index (κ1) is 15.2. The number of hydrogen-bond acceptors (Lipinski definition) is 4. The van der Waals surface area contributed by atoms with E-state index in [9.17, 15) is 9.59 Å². The van der Waals surface area contributed by atoms with Crippen molar-refractivity contribution in [2.24, 2.45) is 7.05 Å². The minimum Gasteiger partial charge on any atom is -0.280 e. The number of benzene rings is 1. The Balaban J connectivity index is 2.29.